The molecule has 0 amide bonds. The van der Waals surface area contributed by atoms with Crippen molar-refractivity contribution in [3.05, 3.63) is 24.0 Å². The highest BCUT2D eigenvalue weighted by Gasteiger charge is 2.04. The van der Waals surface area contributed by atoms with Gasteiger partial charge in [-0.3, -0.25) is 4.98 Å². The maximum Gasteiger partial charge on any atom is 0.126 e. The predicted molar refractivity (Wildman–Crippen MR) is 72.8 cm³/mol. The van der Waals surface area contributed by atoms with Crippen LogP contribution in [0.15, 0.2) is 18.5 Å². The van der Waals surface area contributed by atoms with E-state index in [0.29, 0.717) is 19.3 Å². The van der Waals surface area contributed by atoms with Crippen LogP contribution in [0.2, 0.25) is 0 Å². The summed E-state index contributed by atoms with van der Waals surface area (Å²) in [5.41, 5.74) is 1.08. The third-order valence-electron chi connectivity index (χ3n) is 2.35. The molecule has 0 spiro atoms. The summed E-state index contributed by atoms with van der Waals surface area (Å²) >= 11 is 0. The number of hydrogen-bond donors (Lipinski definition) is 1. The zero-order chi connectivity index (χ0) is 13.4. The second-order valence-corrected chi connectivity index (χ2v) is 4.79. The van der Waals surface area contributed by atoms with Gasteiger partial charge in [-0.2, -0.15) is 0 Å². The lowest BCUT2D eigenvalue weighted by molar-refractivity contribution is 0.0550. The maximum atomic E-state index is 5.71. The van der Waals surface area contributed by atoms with E-state index in [1.807, 2.05) is 26.1 Å². The van der Waals surface area contributed by atoms with Crippen LogP contribution in [0.5, 0.6) is 5.75 Å². The Kier molecular flexibility index (Phi) is 6.68. The van der Waals surface area contributed by atoms with Crippen LogP contribution in [-0.2, 0) is 11.3 Å². The van der Waals surface area contributed by atoms with Gasteiger partial charge in [0.1, 0.15) is 12.4 Å². The molecule has 4 nitrogen and oxygen atoms in total. The fraction of sp³-hybridized carbons (Fsp3) is 0.643. The average molecular weight is 252 g/mol. The van der Waals surface area contributed by atoms with Crippen molar-refractivity contribution in [2.75, 3.05) is 13.2 Å². The first-order chi connectivity index (χ1) is 8.59. The monoisotopic (exact) mass is 252 g/mol. The molecule has 0 aliphatic heterocycles. The number of pyridine rings is 1. The molecule has 0 fully saturated rings. The Bertz CT molecular complexity index is 340. The molecule has 0 aliphatic carbocycles. The van der Waals surface area contributed by atoms with E-state index in [-0.39, 0.29) is 6.10 Å². The second-order valence-electron chi connectivity index (χ2n) is 4.79. The Morgan fingerprint density at radius 1 is 1.22 bits per heavy atom. The molecule has 0 saturated heterocycles. The third kappa shape index (κ3) is 5.98. The minimum absolute atomic E-state index is 0.244. The SMILES string of the molecule is CC(C)NCc1cnccc1OCCOC(C)C. The van der Waals surface area contributed by atoms with Crippen LogP contribution in [0.1, 0.15) is 33.3 Å². The molecule has 1 rings (SSSR count). The Labute approximate surface area is 110 Å². The molecule has 0 saturated carbocycles. The van der Waals surface area contributed by atoms with Crippen molar-refractivity contribution in [3.63, 3.8) is 0 Å². The first-order valence-corrected chi connectivity index (χ1v) is 6.50. The summed E-state index contributed by atoms with van der Waals surface area (Å²) in [7, 11) is 0. The van der Waals surface area contributed by atoms with E-state index in [1.165, 1.54) is 0 Å². The topological polar surface area (TPSA) is 43.4 Å². The van der Waals surface area contributed by atoms with Crippen LogP contribution in [0.4, 0.5) is 0 Å². The fourth-order valence-corrected chi connectivity index (χ4v) is 1.44. The van der Waals surface area contributed by atoms with Gasteiger partial charge in [-0.1, -0.05) is 13.8 Å². The molecule has 0 atom stereocenters. The number of nitrogens with one attached hydrogen (secondary N) is 1. The number of aromatic nitrogens is 1. The lowest BCUT2D eigenvalue weighted by Gasteiger charge is -2.14. The predicted octanol–water partition coefficient (Wildman–Crippen LogP) is 2.38. The molecule has 0 unspecified atom stereocenters. The molecule has 18 heavy (non-hydrogen) atoms. The highest BCUT2D eigenvalue weighted by atomic mass is 16.5. The lowest BCUT2D eigenvalue weighted by atomic mass is 10.2. The summed E-state index contributed by atoms with van der Waals surface area (Å²) in [5, 5.41) is 3.36. The smallest absolute Gasteiger partial charge is 0.126 e. The molecule has 1 N–H and O–H groups in total. The average Bonchev–Trinajstić information content (AvgIpc) is 2.33. The van der Waals surface area contributed by atoms with Gasteiger partial charge in [-0.25, -0.2) is 0 Å². The second kappa shape index (κ2) is 8.06. The zero-order valence-electron chi connectivity index (χ0n) is 11.8. The zero-order valence-corrected chi connectivity index (χ0v) is 11.8. The van der Waals surface area contributed by atoms with E-state index in [1.54, 1.807) is 6.20 Å². The minimum atomic E-state index is 0.244. The molecule has 0 bridgehead atoms. The van der Waals surface area contributed by atoms with Gasteiger partial charge in [-0.15, -0.1) is 0 Å². The van der Waals surface area contributed by atoms with Gasteiger partial charge in [0.15, 0.2) is 0 Å². The van der Waals surface area contributed by atoms with Gasteiger partial charge >= 0.3 is 0 Å². The Morgan fingerprint density at radius 3 is 2.67 bits per heavy atom. The summed E-state index contributed by atoms with van der Waals surface area (Å²) < 4.78 is 11.2. The van der Waals surface area contributed by atoms with Crippen LogP contribution >= 0.6 is 0 Å². The van der Waals surface area contributed by atoms with Crippen LogP contribution < -0.4 is 10.1 Å². The van der Waals surface area contributed by atoms with E-state index < -0.39 is 0 Å². The summed E-state index contributed by atoms with van der Waals surface area (Å²) in [6.45, 7) is 10.2. The summed E-state index contributed by atoms with van der Waals surface area (Å²) in [4.78, 5) is 4.13. The summed E-state index contributed by atoms with van der Waals surface area (Å²) in [5.74, 6) is 0.880. The summed E-state index contributed by atoms with van der Waals surface area (Å²) in [6.07, 6.45) is 3.83. The number of nitrogens with zero attached hydrogens (tertiary/aromatic N) is 1. The molecule has 1 aromatic heterocycles. The standard InChI is InChI=1S/C14H24N2O2/c1-11(2)16-10-13-9-15-6-5-14(13)18-8-7-17-12(3)4/h5-6,9,11-12,16H,7-8,10H2,1-4H3. The normalized spacial score (nSPS) is 11.2. The lowest BCUT2D eigenvalue weighted by Crippen LogP contribution is -2.22. The third-order valence-corrected chi connectivity index (χ3v) is 2.35. The van der Waals surface area contributed by atoms with E-state index in [0.717, 1.165) is 17.9 Å². The van der Waals surface area contributed by atoms with Gasteiger partial charge < -0.3 is 14.8 Å². The van der Waals surface area contributed by atoms with Gasteiger partial charge in [0.05, 0.1) is 12.7 Å². The van der Waals surface area contributed by atoms with Crippen LogP contribution in [-0.4, -0.2) is 30.3 Å². The highest BCUT2D eigenvalue weighted by Crippen LogP contribution is 2.16. The molecule has 0 aliphatic rings. The summed E-state index contributed by atoms with van der Waals surface area (Å²) in [6, 6.07) is 2.34. The molecular weight excluding hydrogens is 228 g/mol. The molecule has 1 aromatic rings. The van der Waals surface area contributed by atoms with E-state index >= 15 is 0 Å². The number of rotatable bonds is 8. The van der Waals surface area contributed by atoms with E-state index in [2.05, 4.69) is 24.1 Å². The molecule has 0 radical (unpaired) electrons. The number of hydrogen-bond acceptors (Lipinski definition) is 4. The van der Waals surface area contributed by atoms with Crippen molar-refractivity contribution in [2.45, 2.75) is 46.4 Å². The highest BCUT2D eigenvalue weighted by molar-refractivity contribution is 5.29. The van der Waals surface area contributed by atoms with E-state index in [9.17, 15) is 0 Å². The van der Waals surface area contributed by atoms with Crippen LogP contribution in [0, 0.1) is 0 Å². The first-order valence-electron chi connectivity index (χ1n) is 6.50. The largest absolute Gasteiger partial charge is 0.491 e. The molecule has 102 valence electrons. The quantitative estimate of drug-likeness (QED) is 0.721. The molecule has 4 heteroatoms. The molecule has 1 heterocycles. The number of ether oxygens (including phenoxy) is 2. The van der Waals surface area contributed by atoms with Crippen LogP contribution in [0.25, 0.3) is 0 Å². The Hall–Kier alpha value is -1.13. The van der Waals surface area contributed by atoms with Gasteiger partial charge in [-0.05, 0) is 19.9 Å². The Morgan fingerprint density at radius 2 is 2.00 bits per heavy atom. The van der Waals surface area contributed by atoms with Crippen molar-refractivity contribution < 1.29 is 9.47 Å². The Balaban J connectivity index is 2.43. The molecule has 0 aromatic carbocycles. The van der Waals surface area contributed by atoms with Gasteiger partial charge in [0.2, 0.25) is 0 Å². The van der Waals surface area contributed by atoms with Gasteiger partial charge in [0.25, 0.3) is 0 Å². The van der Waals surface area contributed by atoms with Crippen molar-refractivity contribution in [2.24, 2.45) is 0 Å². The first kappa shape index (κ1) is 14.9. The van der Waals surface area contributed by atoms with Crippen molar-refractivity contribution in [1.82, 2.24) is 10.3 Å². The van der Waals surface area contributed by atoms with Gasteiger partial charge in [0, 0.05) is 30.5 Å². The minimum Gasteiger partial charge on any atom is -0.491 e. The van der Waals surface area contributed by atoms with E-state index in [4.69, 9.17) is 9.47 Å². The van der Waals surface area contributed by atoms with Crippen molar-refractivity contribution >= 4 is 0 Å². The van der Waals surface area contributed by atoms with Crippen molar-refractivity contribution in [3.8, 4) is 5.75 Å². The maximum absolute atomic E-state index is 5.71. The van der Waals surface area contributed by atoms with Crippen LogP contribution in [0.3, 0.4) is 0 Å². The molecular formula is C14H24N2O2. The fourth-order valence-electron chi connectivity index (χ4n) is 1.44. The van der Waals surface area contributed by atoms with Crippen molar-refractivity contribution in [1.29, 1.82) is 0 Å².